The number of hydrogen-bond donors (Lipinski definition) is 1. The van der Waals surface area contributed by atoms with Crippen LogP contribution < -0.4 is 16.1 Å². The number of benzene rings is 2. The number of nitrogens with zero attached hydrogens (tertiary/aromatic N) is 3. The van der Waals surface area contributed by atoms with Gasteiger partial charge in [-0.2, -0.15) is 0 Å². The molecule has 1 aliphatic heterocycles. The van der Waals surface area contributed by atoms with Crippen molar-refractivity contribution in [3.63, 3.8) is 0 Å². The van der Waals surface area contributed by atoms with E-state index < -0.39 is 34.2 Å². The van der Waals surface area contributed by atoms with Crippen LogP contribution in [0.15, 0.2) is 74.8 Å². The molecule has 0 saturated heterocycles. The van der Waals surface area contributed by atoms with Crippen molar-refractivity contribution in [3.05, 3.63) is 96.8 Å². The molecule has 2 aromatic carbocycles. The van der Waals surface area contributed by atoms with Crippen LogP contribution in [0.4, 0.5) is 0 Å². The Kier molecular flexibility index (Phi) is 5.91. The number of ketones is 2. The summed E-state index contributed by atoms with van der Waals surface area (Å²) in [5.41, 5.74) is -0.972. The molecule has 0 spiro atoms. The SMILES string of the molecule is COc1cc([C@H]2C3=CCn4c(=O)n(-c5ccccc5)c(=O)n4[C@@H]3C[C@@]3(C)C(=O)C(C)=C(C)C(=O)[C@@]23C)cc(Cl)c1O. The van der Waals surface area contributed by atoms with Crippen LogP contribution in [0.1, 0.15) is 51.6 Å². The second-order valence-corrected chi connectivity index (χ2v) is 11.9. The summed E-state index contributed by atoms with van der Waals surface area (Å²) in [7, 11) is 1.40. The van der Waals surface area contributed by atoms with Crippen molar-refractivity contribution in [1.82, 2.24) is 13.9 Å². The highest BCUT2D eigenvalue weighted by Gasteiger charge is 2.66. The zero-order valence-corrected chi connectivity index (χ0v) is 24.2. The van der Waals surface area contributed by atoms with Gasteiger partial charge >= 0.3 is 11.4 Å². The summed E-state index contributed by atoms with van der Waals surface area (Å²) >= 11 is 6.45. The van der Waals surface area contributed by atoms with E-state index in [0.717, 1.165) is 10.1 Å². The average molecular weight is 576 g/mol. The lowest BCUT2D eigenvalue weighted by atomic mass is 9.43. The predicted octanol–water partition coefficient (Wildman–Crippen LogP) is 4.34. The molecular formula is C31H30ClN3O6. The van der Waals surface area contributed by atoms with Gasteiger partial charge in [0.2, 0.25) is 0 Å². The Labute approximate surface area is 240 Å². The number of Topliss-reactive ketones (excluding diaryl/α,β-unsaturated/α-hetero) is 2. The third-order valence-electron chi connectivity index (χ3n) is 9.73. The Morgan fingerprint density at radius 1 is 0.976 bits per heavy atom. The quantitative estimate of drug-likeness (QED) is 0.465. The smallest absolute Gasteiger partial charge is 0.352 e. The van der Waals surface area contributed by atoms with Crippen LogP contribution in [0, 0.1) is 10.8 Å². The molecule has 3 aliphatic rings. The Morgan fingerprint density at radius 2 is 1.63 bits per heavy atom. The number of phenolic OH excluding ortho intramolecular Hbond substituents is 1. The highest BCUT2D eigenvalue weighted by atomic mass is 35.5. The third kappa shape index (κ3) is 3.35. The number of allylic oxidation sites excluding steroid dienone is 4. The Morgan fingerprint density at radius 3 is 2.29 bits per heavy atom. The van der Waals surface area contributed by atoms with Crippen LogP contribution in [-0.4, -0.2) is 37.7 Å². The summed E-state index contributed by atoms with van der Waals surface area (Å²) in [6.07, 6.45) is 2.02. The van der Waals surface area contributed by atoms with Gasteiger partial charge in [-0.3, -0.25) is 9.59 Å². The molecule has 10 heteroatoms. The highest BCUT2D eigenvalue weighted by Crippen LogP contribution is 2.66. The van der Waals surface area contributed by atoms with E-state index in [-0.39, 0.29) is 41.1 Å². The molecule has 1 aromatic heterocycles. The summed E-state index contributed by atoms with van der Waals surface area (Å²) in [4.78, 5) is 56.0. The molecule has 212 valence electrons. The van der Waals surface area contributed by atoms with E-state index in [1.54, 1.807) is 70.2 Å². The summed E-state index contributed by atoms with van der Waals surface area (Å²) in [6, 6.07) is 11.2. The first-order valence-corrected chi connectivity index (χ1v) is 13.8. The molecule has 41 heavy (non-hydrogen) atoms. The van der Waals surface area contributed by atoms with Crippen molar-refractivity contribution in [2.24, 2.45) is 10.8 Å². The molecule has 6 rings (SSSR count). The number of para-hydroxylation sites is 1. The van der Waals surface area contributed by atoms with Gasteiger partial charge in [-0.05, 0) is 66.8 Å². The first-order valence-electron chi connectivity index (χ1n) is 13.4. The number of halogens is 1. The van der Waals surface area contributed by atoms with Crippen LogP contribution in [0.25, 0.3) is 5.69 Å². The lowest BCUT2D eigenvalue weighted by Crippen LogP contribution is -2.61. The largest absolute Gasteiger partial charge is 0.503 e. The topological polar surface area (TPSA) is 113 Å². The molecule has 1 saturated carbocycles. The van der Waals surface area contributed by atoms with Crippen LogP contribution >= 0.6 is 11.6 Å². The molecule has 0 bridgehead atoms. The Balaban J connectivity index is 1.66. The zero-order chi connectivity index (χ0) is 29.6. The van der Waals surface area contributed by atoms with E-state index >= 15 is 0 Å². The minimum absolute atomic E-state index is 0.0329. The minimum Gasteiger partial charge on any atom is -0.503 e. The van der Waals surface area contributed by atoms with Gasteiger partial charge < -0.3 is 9.84 Å². The van der Waals surface area contributed by atoms with E-state index in [4.69, 9.17) is 16.3 Å². The zero-order valence-electron chi connectivity index (χ0n) is 23.4. The summed E-state index contributed by atoms with van der Waals surface area (Å²) in [5.74, 6) is -1.17. The van der Waals surface area contributed by atoms with Gasteiger partial charge in [-0.25, -0.2) is 23.5 Å². The number of aromatic hydroxyl groups is 1. The van der Waals surface area contributed by atoms with Crippen LogP contribution in [0.2, 0.25) is 5.02 Å². The molecule has 2 aliphatic carbocycles. The molecule has 1 fully saturated rings. The number of methoxy groups -OCH3 is 1. The van der Waals surface area contributed by atoms with Crippen LogP contribution in [0.5, 0.6) is 11.5 Å². The number of ether oxygens (including phenoxy) is 1. The number of phenols is 1. The van der Waals surface area contributed by atoms with E-state index in [9.17, 15) is 24.3 Å². The van der Waals surface area contributed by atoms with Gasteiger partial charge in [0.05, 0.1) is 35.8 Å². The Bertz CT molecular complexity index is 1850. The molecule has 3 aromatic rings. The van der Waals surface area contributed by atoms with E-state index in [2.05, 4.69) is 0 Å². The van der Waals surface area contributed by atoms with Crippen molar-refractivity contribution < 1.29 is 19.4 Å². The summed E-state index contributed by atoms with van der Waals surface area (Å²) in [6.45, 7) is 7.02. The molecule has 0 radical (unpaired) electrons. The van der Waals surface area contributed by atoms with E-state index in [1.807, 2.05) is 6.08 Å². The number of hydrogen-bond acceptors (Lipinski definition) is 6. The number of aromatic nitrogens is 3. The number of rotatable bonds is 3. The molecule has 9 nitrogen and oxygen atoms in total. The first kappa shape index (κ1) is 27.1. The van der Waals surface area contributed by atoms with E-state index in [0.29, 0.717) is 22.4 Å². The first-order chi connectivity index (χ1) is 19.4. The van der Waals surface area contributed by atoms with Crippen LogP contribution in [-0.2, 0) is 16.1 Å². The van der Waals surface area contributed by atoms with Gasteiger partial charge in [-0.15, -0.1) is 0 Å². The summed E-state index contributed by atoms with van der Waals surface area (Å²) < 4.78 is 9.35. The highest BCUT2D eigenvalue weighted by molar-refractivity contribution is 6.32. The fourth-order valence-electron chi connectivity index (χ4n) is 7.29. The van der Waals surface area contributed by atoms with Gasteiger partial charge in [-0.1, -0.05) is 49.7 Å². The molecule has 0 unspecified atom stereocenters. The minimum atomic E-state index is -1.25. The van der Waals surface area contributed by atoms with Crippen LogP contribution in [0.3, 0.4) is 0 Å². The lowest BCUT2D eigenvalue weighted by molar-refractivity contribution is -0.151. The predicted molar refractivity (Wildman–Crippen MR) is 153 cm³/mol. The van der Waals surface area contributed by atoms with Crippen molar-refractivity contribution in [3.8, 4) is 17.2 Å². The van der Waals surface area contributed by atoms with Crippen molar-refractivity contribution in [1.29, 1.82) is 0 Å². The maximum absolute atomic E-state index is 14.3. The molecular weight excluding hydrogens is 546 g/mol. The van der Waals surface area contributed by atoms with Crippen molar-refractivity contribution in [2.45, 2.75) is 52.6 Å². The number of carbonyl (C=O) groups excluding carboxylic acids is 2. The Hall–Kier alpha value is -4.11. The molecule has 4 atom stereocenters. The van der Waals surface area contributed by atoms with Gasteiger partial charge in [0.15, 0.2) is 23.1 Å². The third-order valence-corrected chi connectivity index (χ3v) is 10.0. The van der Waals surface area contributed by atoms with Crippen molar-refractivity contribution in [2.75, 3.05) is 7.11 Å². The van der Waals surface area contributed by atoms with Crippen molar-refractivity contribution >= 4 is 23.2 Å². The monoisotopic (exact) mass is 575 g/mol. The standard InChI is InChI=1S/C31H30ClN3O6/c1-16-17(2)27(38)31(4)24(18-13-21(32)25(36)23(14-18)41-5)20-11-12-33-28(39)34(19-9-7-6-8-10-19)29(40)35(33)22(20)15-30(31,3)26(16)37/h6-11,13-14,22,24,36H,12,15H2,1-5H3/t22-,24+,30+,31-/m1/s1. The maximum atomic E-state index is 14.3. The fourth-order valence-corrected chi connectivity index (χ4v) is 7.51. The molecule has 2 heterocycles. The number of fused-ring (bicyclic) bond motifs is 4. The summed E-state index contributed by atoms with van der Waals surface area (Å²) in [5, 5.41) is 10.5. The molecule has 0 amide bonds. The number of carbonyl (C=O) groups is 2. The van der Waals surface area contributed by atoms with Gasteiger partial charge in [0.1, 0.15) is 0 Å². The van der Waals surface area contributed by atoms with E-state index in [1.165, 1.54) is 16.5 Å². The van der Waals surface area contributed by atoms with Gasteiger partial charge in [0.25, 0.3) is 0 Å². The lowest BCUT2D eigenvalue weighted by Gasteiger charge is -2.58. The molecule has 1 N–H and O–H groups in total. The van der Waals surface area contributed by atoms with Gasteiger partial charge in [0, 0.05) is 11.3 Å². The normalized spacial score (nSPS) is 27.2. The maximum Gasteiger partial charge on any atom is 0.352 e. The second kappa shape index (κ2) is 8.94. The second-order valence-electron chi connectivity index (χ2n) is 11.5. The average Bonchev–Trinajstić information content (AvgIpc) is 3.22. The fraction of sp³-hybridized carbons (Fsp3) is 0.355.